The van der Waals surface area contributed by atoms with E-state index in [1.54, 1.807) is 0 Å². The zero-order valence-electron chi connectivity index (χ0n) is 21.7. The van der Waals surface area contributed by atoms with Crippen molar-refractivity contribution in [3.8, 4) is 0 Å². The van der Waals surface area contributed by atoms with Crippen molar-refractivity contribution in [1.29, 1.82) is 0 Å². The number of hydrogen-bond donors (Lipinski definition) is 2. The molecule has 0 bridgehead atoms. The first kappa shape index (κ1) is 37.0. The lowest BCUT2D eigenvalue weighted by atomic mass is 10.4. The molecule has 0 aliphatic carbocycles. The van der Waals surface area contributed by atoms with Gasteiger partial charge in [-0.1, -0.05) is 85.1 Å². The lowest BCUT2D eigenvalue weighted by molar-refractivity contribution is 1.39. The van der Waals surface area contributed by atoms with Crippen LogP contribution in [0.4, 0.5) is 0 Å². The van der Waals surface area contributed by atoms with Crippen molar-refractivity contribution in [2.75, 3.05) is 80.5 Å². The first-order valence-corrected chi connectivity index (χ1v) is 19.7. The fourth-order valence-electron chi connectivity index (χ4n) is 2.34. The van der Waals surface area contributed by atoms with E-state index in [4.69, 9.17) is 0 Å². The summed E-state index contributed by atoms with van der Waals surface area (Å²) in [6, 6.07) is 0. The van der Waals surface area contributed by atoms with E-state index >= 15 is 0 Å². The van der Waals surface area contributed by atoms with Gasteiger partial charge in [-0.2, -0.15) is 95.8 Å². The lowest BCUT2D eigenvalue weighted by Crippen LogP contribution is -1.99. The van der Waals surface area contributed by atoms with E-state index in [2.05, 4.69) is 71.3 Å². The van der Waals surface area contributed by atoms with Crippen molar-refractivity contribution in [3.63, 3.8) is 0 Å². The van der Waals surface area contributed by atoms with Crippen LogP contribution in [0.1, 0.15) is 0 Å². The number of thioether (sulfide) groups is 6. The first-order valence-electron chi connectivity index (χ1n) is 11.5. The predicted octanol–water partition coefficient (Wildman–Crippen LogP) is 9.14. The van der Waals surface area contributed by atoms with E-state index in [1.165, 1.54) is 39.0 Å². The molecule has 0 aromatic heterocycles. The standard InChI is InChI=1S/C28H44S8/c1-22(8-29)10-31-12-24(3)14-33-16-26(5)18-35-20-28(7)21-36-19-27(6)17-34-15-25(4)13-32-11-23(2)9-30/h29-30H,1-21H2. The second kappa shape index (κ2) is 25.0. The summed E-state index contributed by atoms with van der Waals surface area (Å²) in [5.74, 6) is 13.4. The minimum absolute atomic E-state index is 0.761. The van der Waals surface area contributed by atoms with Gasteiger partial charge in [-0.3, -0.25) is 0 Å². The van der Waals surface area contributed by atoms with Crippen LogP contribution in [-0.4, -0.2) is 80.5 Å². The van der Waals surface area contributed by atoms with Gasteiger partial charge < -0.3 is 0 Å². The molecule has 36 heavy (non-hydrogen) atoms. The van der Waals surface area contributed by atoms with E-state index in [0.717, 1.165) is 80.5 Å². The van der Waals surface area contributed by atoms with Gasteiger partial charge in [-0.25, -0.2) is 0 Å². The SMILES string of the molecule is C=C(CS)CSCC(=C)CSCC(=C)CSCC(=C)CSCC(=C)CSCC(=C)CSCC(=C)CS. The van der Waals surface area contributed by atoms with Crippen LogP contribution >= 0.6 is 95.8 Å². The molecule has 0 saturated heterocycles. The van der Waals surface area contributed by atoms with Crippen molar-refractivity contribution in [2.24, 2.45) is 0 Å². The molecule has 204 valence electrons. The Morgan fingerprint density at radius 2 is 0.444 bits per heavy atom. The highest BCUT2D eigenvalue weighted by Crippen LogP contribution is 2.21. The first-order chi connectivity index (χ1) is 17.2. The van der Waals surface area contributed by atoms with E-state index < -0.39 is 0 Å². The van der Waals surface area contributed by atoms with E-state index in [1.807, 2.05) is 70.6 Å². The van der Waals surface area contributed by atoms with E-state index in [0.29, 0.717) is 0 Å². The van der Waals surface area contributed by atoms with Crippen molar-refractivity contribution in [3.05, 3.63) is 85.1 Å². The Balaban J connectivity index is 3.70. The second-order valence-corrected chi connectivity index (χ2v) is 15.1. The minimum atomic E-state index is 0.761. The van der Waals surface area contributed by atoms with Gasteiger partial charge in [0, 0.05) is 80.5 Å². The Morgan fingerprint density at radius 3 is 0.583 bits per heavy atom. The van der Waals surface area contributed by atoms with Gasteiger partial charge in [-0.15, -0.1) is 0 Å². The fourth-order valence-corrected chi connectivity index (χ4v) is 8.81. The zero-order valence-corrected chi connectivity index (χ0v) is 28.4. The van der Waals surface area contributed by atoms with Crippen LogP contribution in [0, 0.1) is 0 Å². The molecule has 8 heteroatoms. The van der Waals surface area contributed by atoms with Crippen LogP contribution in [0.5, 0.6) is 0 Å². The summed E-state index contributed by atoms with van der Waals surface area (Å²) in [6.07, 6.45) is 0. The molecule has 0 fully saturated rings. The normalized spacial score (nSPS) is 10.7. The molecule has 0 N–H and O–H groups in total. The van der Waals surface area contributed by atoms with Crippen LogP contribution in [0.25, 0.3) is 0 Å². The van der Waals surface area contributed by atoms with Gasteiger partial charge >= 0.3 is 0 Å². The topological polar surface area (TPSA) is 0 Å². The van der Waals surface area contributed by atoms with Crippen molar-refractivity contribution in [1.82, 2.24) is 0 Å². The molecule has 0 aliphatic heterocycles. The monoisotopic (exact) mass is 636 g/mol. The highest BCUT2D eigenvalue weighted by molar-refractivity contribution is 8.02. The Kier molecular flexibility index (Phi) is 25.7. The molecule has 0 saturated carbocycles. The van der Waals surface area contributed by atoms with Crippen LogP contribution < -0.4 is 0 Å². The molecule has 0 unspecified atom stereocenters. The summed E-state index contributed by atoms with van der Waals surface area (Å²) in [4.78, 5) is 0. The molecular weight excluding hydrogens is 593 g/mol. The molecule has 0 aromatic rings. The van der Waals surface area contributed by atoms with E-state index in [9.17, 15) is 0 Å². The average molecular weight is 637 g/mol. The van der Waals surface area contributed by atoms with Gasteiger partial charge in [-0.05, 0) is 0 Å². The molecular formula is C28H44S8. The third-order valence-electron chi connectivity index (χ3n) is 4.12. The van der Waals surface area contributed by atoms with Crippen LogP contribution in [-0.2, 0) is 0 Å². The summed E-state index contributed by atoms with van der Waals surface area (Å²) in [5.41, 5.74) is 8.75. The summed E-state index contributed by atoms with van der Waals surface area (Å²) in [6.45, 7) is 29.1. The van der Waals surface area contributed by atoms with Crippen LogP contribution in [0.15, 0.2) is 85.1 Å². The van der Waals surface area contributed by atoms with Gasteiger partial charge in [0.2, 0.25) is 0 Å². The minimum Gasteiger partial charge on any atom is -0.175 e. The third-order valence-corrected chi connectivity index (χ3v) is 12.4. The lowest BCUT2D eigenvalue weighted by Gasteiger charge is -2.10. The molecule has 0 spiro atoms. The Morgan fingerprint density at radius 1 is 0.306 bits per heavy atom. The largest absolute Gasteiger partial charge is 0.175 e. The summed E-state index contributed by atoms with van der Waals surface area (Å²) in [5, 5.41) is 0. The maximum Gasteiger partial charge on any atom is 0.0152 e. The second-order valence-electron chi connectivity index (χ2n) is 8.52. The van der Waals surface area contributed by atoms with Gasteiger partial charge in [0.1, 0.15) is 0 Å². The Hall–Kier alpha value is 0.980. The molecule has 0 heterocycles. The summed E-state index contributed by atoms with van der Waals surface area (Å²) in [7, 11) is 0. The Labute approximate surface area is 259 Å². The van der Waals surface area contributed by atoms with Gasteiger partial charge in [0.25, 0.3) is 0 Å². The van der Waals surface area contributed by atoms with Crippen molar-refractivity contribution in [2.45, 2.75) is 0 Å². The zero-order chi connectivity index (χ0) is 27.2. The molecule has 0 aromatic carbocycles. The maximum atomic E-state index is 4.25. The predicted molar refractivity (Wildman–Crippen MR) is 196 cm³/mol. The van der Waals surface area contributed by atoms with Gasteiger partial charge in [0.15, 0.2) is 0 Å². The summed E-state index contributed by atoms with van der Waals surface area (Å²) >= 11 is 19.9. The third kappa shape index (κ3) is 24.1. The highest BCUT2D eigenvalue weighted by Gasteiger charge is 2.04. The van der Waals surface area contributed by atoms with E-state index in [-0.39, 0.29) is 0 Å². The average Bonchev–Trinajstić information content (AvgIpc) is 2.83. The van der Waals surface area contributed by atoms with Crippen molar-refractivity contribution >= 4 is 95.8 Å². The number of thiol groups is 2. The maximum absolute atomic E-state index is 4.25. The number of hydrogen-bond acceptors (Lipinski definition) is 8. The molecule has 0 amide bonds. The molecule has 0 nitrogen and oxygen atoms in total. The quantitative estimate of drug-likeness (QED) is 0.0713. The highest BCUT2D eigenvalue weighted by atomic mass is 32.2. The smallest absolute Gasteiger partial charge is 0.0152 e. The molecule has 0 atom stereocenters. The summed E-state index contributed by atoms with van der Waals surface area (Å²) < 4.78 is 0. The fraction of sp³-hybridized carbons (Fsp3) is 0.500. The van der Waals surface area contributed by atoms with Crippen LogP contribution in [0.3, 0.4) is 0 Å². The molecule has 0 aliphatic rings. The molecule has 0 rings (SSSR count). The van der Waals surface area contributed by atoms with Gasteiger partial charge in [0.05, 0.1) is 0 Å². The molecule has 0 radical (unpaired) electrons. The van der Waals surface area contributed by atoms with Crippen LogP contribution in [0.2, 0.25) is 0 Å². The van der Waals surface area contributed by atoms with Crippen molar-refractivity contribution < 1.29 is 0 Å². The number of rotatable bonds is 26. The Bertz CT molecular complexity index is 678.